The molecule has 172 valence electrons. The molecule has 1 saturated heterocycles. The molecule has 0 radical (unpaired) electrons. The van der Waals surface area contributed by atoms with Crippen molar-refractivity contribution in [2.75, 3.05) is 25.1 Å². The van der Waals surface area contributed by atoms with E-state index >= 15 is 0 Å². The Hall–Kier alpha value is -2.95. The second-order valence-corrected chi connectivity index (χ2v) is 10.9. The van der Waals surface area contributed by atoms with Crippen molar-refractivity contribution in [3.05, 3.63) is 52.9 Å². The molecule has 0 unspecified atom stereocenters. The Morgan fingerprint density at radius 1 is 1.12 bits per heavy atom. The van der Waals surface area contributed by atoms with Crippen molar-refractivity contribution in [1.82, 2.24) is 9.29 Å². The van der Waals surface area contributed by atoms with Gasteiger partial charge in [-0.05, 0) is 44.0 Å². The van der Waals surface area contributed by atoms with E-state index in [2.05, 4.69) is 10.3 Å². The number of nitrogens with one attached hydrogen (secondary N) is 1. The van der Waals surface area contributed by atoms with Crippen molar-refractivity contribution in [1.29, 1.82) is 0 Å². The molecule has 0 saturated carbocycles. The first-order valence-corrected chi connectivity index (χ1v) is 13.0. The molecule has 2 aliphatic rings. The molecule has 0 aliphatic carbocycles. The number of benzene rings is 2. The average Bonchev–Trinajstić information content (AvgIpc) is 3.49. The second-order valence-electron chi connectivity index (χ2n) is 7.90. The quantitative estimate of drug-likeness (QED) is 0.592. The van der Waals surface area contributed by atoms with Crippen LogP contribution in [0.15, 0.2) is 52.7 Å². The normalized spacial score (nSPS) is 18.3. The van der Waals surface area contributed by atoms with Crippen LogP contribution in [0.3, 0.4) is 0 Å². The summed E-state index contributed by atoms with van der Waals surface area (Å²) in [7, 11) is -3.87. The van der Waals surface area contributed by atoms with Crippen LogP contribution in [0, 0.1) is 6.92 Å². The van der Waals surface area contributed by atoms with E-state index in [-0.39, 0.29) is 17.3 Å². The number of carbonyl (C=O) groups excluding carboxylic acids is 1. The summed E-state index contributed by atoms with van der Waals surface area (Å²) in [6, 6.07) is 11.2. The number of hydrogen-bond donors (Lipinski definition) is 1. The van der Waals surface area contributed by atoms with E-state index in [0.717, 1.165) is 16.3 Å². The summed E-state index contributed by atoms with van der Waals surface area (Å²) >= 11 is 1.58. The Balaban J connectivity index is 1.32. The van der Waals surface area contributed by atoms with E-state index in [0.29, 0.717) is 43.2 Å². The number of thiazole rings is 1. The van der Waals surface area contributed by atoms with Gasteiger partial charge in [0.25, 0.3) is 0 Å². The maximum Gasteiger partial charge on any atom is 0.243 e. The lowest BCUT2D eigenvalue weighted by Crippen LogP contribution is -2.43. The van der Waals surface area contributed by atoms with E-state index in [1.807, 2.05) is 24.4 Å². The fourth-order valence-electron chi connectivity index (χ4n) is 4.06. The molecule has 1 N–H and O–H groups in total. The molecular weight excluding hydrogens is 462 g/mol. The molecule has 0 spiro atoms. The van der Waals surface area contributed by atoms with E-state index in [9.17, 15) is 13.2 Å². The first-order valence-electron chi connectivity index (χ1n) is 10.7. The largest absolute Gasteiger partial charge is 0.486 e. The highest BCUT2D eigenvalue weighted by Crippen LogP contribution is 2.35. The highest BCUT2D eigenvalue weighted by molar-refractivity contribution is 7.89. The highest BCUT2D eigenvalue weighted by Gasteiger charge is 2.40. The fraction of sp³-hybridized carbons (Fsp3) is 0.304. The van der Waals surface area contributed by atoms with Crippen molar-refractivity contribution in [2.45, 2.75) is 30.7 Å². The number of nitrogens with zero attached hydrogens (tertiary/aromatic N) is 2. The molecule has 33 heavy (non-hydrogen) atoms. The van der Waals surface area contributed by atoms with Crippen molar-refractivity contribution in [3.8, 4) is 22.8 Å². The topological polar surface area (TPSA) is 97.8 Å². The minimum absolute atomic E-state index is 0.0920. The Bertz CT molecular complexity index is 1290. The number of fused-ring (bicyclic) bond motifs is 1. The maximum atomic E-state index is 13.3. The third-order valence-corrected chi connectivity index (χ3v) is 8.37. The molecule has 1 fully saturated rings. The fourth-order valence-corrected chi connectivity index (χ4v) is 6.35. The molecule has 8 nitrogen and oxygen atoms in total. The number of ether oxygens (including phenoxy) is 2. The molecule has 3 heterocycles. The average molecular weight is 486 g/mol. The van der Waals surface area contributed by atoms with Crippen molar-refractivity contribution in [3.63, 3.8) is 0 Å². The molecule has 3 aromatic rings. The van der Waals surface area contributed by atoms with Gasteiger partial charge in [0.1, 0.15) is 19.3 Å². The van der Waals surface area contributed by atoms with Crippen LogP contribution < -0.4 is 14.8 Å². The summed E-state index contributed by atoms with van der Waals surface area (Å²) in [5.74, 6) is 0.580. The highest BCUT2D eigenvalue weighted by atomic mass is 32.2. The minimum Gasteiger partial charge on any atom is -0.486 e. The minimum atomic E-state index is -3.87. The van der Waals surface area contributed by atoms with Crippen molar-refractivity contribution < 1.29 is 22.7 Å². The van der Waals surface area contributed by atoms with Crippen LogP contribution in [0.2, 0.25) is 0 Å². The molecule has 5 rings (SSSR count). The first kappa shape index (κ1) is 21.9. The first-order chi connectivity index (χ1) is 15.9. The standard InChI is InChI=1S/C23H23N3O5S2/c1-15-24-19(14-32-15)16-4-6-17(7-5-16)25-23(27)20-3-2-10-26(20)33(28,29)18-8-9-21-22(13-18)31-12-11-30-21/h4-9,13-14,20H,2-3,10-12H2,1H3,(H,25,27)/t20-/m1/s1. The van der Waals surface area contributed by atoms with E-state index < -0.39 is 16.1 Å². The van der Waals surface area contributed by atoms with Gasteiger partial charge in [-0.2, -0.15) is 4.31 Å². The Morgan fingerprint density at radius 2 is 1.88 bits per heavy atom. The zero-order chi connectivity index (χ0) is 23.0. The zero-order valence-corrected chi connectivity index (χ0v) is 19.6. The summed E-state index contributed by atoms with van der Waals surface area (Å²) in [5, 5.41) is 5.84. The third-order valence-electron chi connectivity index (χ3n) is 5.69. The monoisotopic (exact) mass is 485 g/mol. The van der Waals surface area contributed by atoms with Gasteiger partial charge in [0.05, 0.1) is 15.6 Å². The lowest BCUT2D eigenvalue weighted by Gasteiger charge is -2.24. The van der Waals surface area contributed by atoms with Crippen LogP contribution in [-0.4, -0.2) is 49.4 Å². The van der Waals surface area contributed by atoms with Gasteiger partial charge in [0.15, 0.2) is 11.5 Å². The summed E-state index contributed by atoms with van der Waals surface area (Å²) in [6.45, 7) is 3.04. The number of amides is 1. The van der Waals surface area contributed by atoms with Gasteiger partial charge in [0, 0.05) is 29.2 Å². The van der Waals surface area contributed by atoms with Crippen molar-refractivity contribution >= 4 is 33.0 Å². The number of rotatable bonds is 5. The Kier molecular flexibility index (Phi) is 5.81. The maximum absolute atomic E-state index is 13.3. The number of aromatic nitrogens is 1. The van der Waals surface area contributed by atoms with Crippen LogP contribution in [0.5, 0.6) is 11.5 Å². The van der Waals surface area contributed by atoms with E-state index in [1.165, 1.54) is 16.4 Å². The number of carbonyl (C=O) groups is 1. The van der Waals surface area contributed by atoms with Crippen molar-refractivity contribution in [2.24, 2.45) is 0 Å². The lowest BCUT2D eigenvalue weighted by molar-refractivity contribution is -0.119. The summed E-state index contributed by atoms with van der Waals surface area (Å²) in [4.78, 5) is 17.6. The van der Waals surface area contributed by atoms with Gasteiger partial charge in [-0.3, -0.25) is 4.79 Å². The van der Waals surface area contributed by atoms with Gasteiger partial charge < -0.3 is 14.8 Å². The molecule has 10 heteroatoms. The second kappa shape index (κ2) is 8.77. The molecule has 2 aromatic carbocycles. The number of anilines is 1. The predicted molar refractivity (Wildman–Crippen MR) is 125 cm³/mol. The van der Waals surface area contributed by atoms with Crippen LogP contribution in [0.4, 0.5) is 5.69 Å². The zero-order valence-electron chi connectivity index (χ0n) is 18.0. The molecular formula is C23H23N3O5S2. The summed E-state index contributed by atoms with van der Waals surface area (Å²) in [5.41, 5.74) is 2.46. The van der Waals surface area contributed by atoms with Gasteiger partial charge >= 0.3 is 0 Å². The number of sulfonamides is 1. The SMILES string of the molecule is Cc1nc(-c2ccc(NC(=O)[C@H]3CCCN3S(=O)(=O)c3ccc4c(c3)OCCO4)cc2)cs1. The van der Waals surface area contributed by atoms with Gasteiger partial charge in [-0.1, -0.05) is 12.1 Å². The van der Waals surface area contributed by atoms with Crippen LogP contribution in [-0.2, 0) is 14.8 Å². The predicted octanol–water partition coefficient (Wildman–Crippen LogP) is 3.68. The molecule has 1 aromatic heterocycles. The smallest absolute Gasteiger partial charge is 0.243 e. The number of aryl methyl sites for hydroxylation is 1. The van der Waals surface area contributed by atoms with E-state index in [4.69, 9.17) is 9.47 Å². The van der Waals surface area contributed by atoms with Gasteiger partial charge in [-0.15, -0.1) is 11.3 Å². The summed E-state index contributed by atoms with van der Waals surface area (Å²) in [6.07, 6.45) is 1.08. The van der Waals surface area contributed by atoms with Crippen LogP contribution in [0.25, 0.3) is 11.3 Å². The number of hydrogen-bond acceptors (Lipinski definition) is 7. The molecule has 2 aliphatic heterocycles. The third kappa shape index (κ3) is 4.33. The lowest BCUT2D eigenvalue weighted by atomic mass is 10.1. The van der Waals surface area contributed by atoms with Gasteiger partial charge in [0.2, 0.25) is 15.9 Å². The van der Waals surface area contributed by atoms with Crippen LogP contribution >= 0.6 is 11.3 Å². The van der Waals surface area contributed by atoms with Gasteiger partial charge in [-0.25, -0.2) is 13.4 Å². The summed E-state index contributed by atoms with van der Waals surface area (Å²) < 4.78 is 39.0. The Morgan fingerprint density at radius 3 is 2.61 bits per heavy atom. The molecule has 1 atom stereocenters. The molecule has 1 amide bonds. The van der Waals surface area contributed by atoms with Crippen LogP contribution in [0.1, 0.15) is 17.8 Å². The molecule has 0 bridgehead atoms. The van der Waals surface area contributed by atoms with E-state index in [1.54, 1.807) is 29.5 Å². The Labute approximate surface area is 196 Å².